The van der Waals surface area contributed by atoms with Gasteiger partial charge in [0, 0.05) is 5.38 Å². The molecule has 0 spiro atoms. The third-order valence-corrected chi connectivity index (χ3v) is 4.17. The van der Waals surface area contributed by atoms with Crippen LogP contribution in [0.2, 0.25) is 0 Å². The first-order chi connectivity index (χ1) is 10.1. The van der Waals surface area contributed by atoms with Gasteiger partial charge in [0.1, 0.15) is 12.6 Å². The molecule has 1 aromatic carbocycles. The number of hydrogen-bond acceptors (Lipinski definition) is 4. The molecule has 1 unspecified atom stereocenters. The Labute approximate surface area is 126 Å². The van der Waals surface area contributed by atoms with Crippen LogP contribution in [0.3, 0.4) is 0 Å². The van der Waals surface area contributed by atoms with E-state index in [9.17, 15) is 9.59 Å². The maximum absolute atomic E-state index is 12.6. The summed E-state index contributed by atoms with van der Waals surface area (Å²) in [6.45, 7) is 2.38. The molecule has 1 aromatic heterocycles. The topological polar surface area (TPSA) is 62.3 Å². The van der Waals surface area contributed by atoms with Gasteiger partial charge >= 0.3 is 0 Å². The molecule has 1 N–H and O–H groups in total. The van der Waals surface area contributed by atoms with Crippen molar-refractivity contribution >= 4 is 23.2 Å². The summed E-state index contributed by atoms with van der Waals surface area (Å²) in [5.74, 6) is -0.234. The third kappa shape index (κ3) is 2.95. The molecule has 1 saturated heterocycles. The van der Waals surface area contributed by atoms with E-state index in [2.05, 4.69) is 10.3 Å². The Morgan fingerprint density at radius 1 is 1.33 bits per heavy atom. The van der Waals surface area contributed by atoms with E-state index < -0.39 is 6.04 Å². The van der Waals surface area contributed by atoms with Gasteiger partial charge in [0.2, 0.25) is 5.91 Å². The third-order valence-electron chi connectivity index (χ3n) is 3.35. The van der Waals surface area contributed by atoms with Crippen molar-refractivity contribution in [3.05, 3.63) is 52.0 Å². The molecule has 0 bridgehead atoms. The Balaban J connectivity index is 1.81. The summed E-state index contributed by atoms with van der Waals surface area (Å²) in [5.41, 5.74) is 1.63. The number of aryl methyl sites for hydroxylation is 1. The summed E-state index contributed by atoms with van der Waals surface area (Å²) in [7, 11) is 0. The lowest BCUT2D eigenvalue weighted by molar-refractivity contribution is -0.145. The zero-order valence-electron chi connectivity index (χ0n) is 11.6. The normalized spacial score (nSPS) is 18.7. The van der Waals surface area contributed by atoms with E-state index in [4.69, 9.17) is 0 Å². The number of carbonyl (C=O) groups is 2. The maximum atomic E-state index is 12.6. The van der Waals surface area contributed by atoms with Crippen molar-refractivity contribution in [3.8, 4) is 0 Å². The highest BCUT2D eigenvalue weighted by Crippen LogP contribution is 2.21. The average molecular weight is 301 g/mol. The van der Waals surface area contributed by atoms with Crippen LogP contribution < -0.4 is 5.32 Å². The smallest absolute Gasteiger partial charge is 0.250 e. The molecule has 2 heterocycles. The Morgan fingerprint density at radius 3 is 2.76 bits per heavy atom. The minimum atomic E-state index is -0.604. The van der Waals surface area contributed by atoms with E-state index in [-0.39, 0.29) is 18.4 Å². The van der Waals surface area contributed by atoms with Crippen LogP contribution in [0, 0.1) is 6.92 Å². The Hall–Kier alpha value is -2.21. The molecule has 0 saturated carbocycles. The Morgan fingerprint density at radius 2 is 2.10 bits per heavy atom. The first kappa shape index (κ1) is 13.8. The first-order valence-electron chi connectivity index (χ1n) is 6.67. The number of carbonyl (C=O) groups excluding carboxylic acids is 2. The molecular formula is C15H15N3O2S. The number of nitrogens with zero attached hydrogens (tertiary/aromatic N) is 2. The molecular weight excluding hydrogens is 286 g/mol. The fourth-order valence-corrected chi connectivity index (χ4v) is 2.99. The highest BCUT2D eigenvalue weighted by Gasteiger charge is 2.33. The average Bonchev–Trinajstić information content (AvgIpc) is 2.89. The lowest BCUT2D eigenvalue weighted by Crippen LogP contribution is -2.52. The molecule has 1 aliphatic heterocycles. The second-order valence-electron chi connectivity index (χ2n) is 4.96. The van der Waals surface area contributed by atoms with Gasteiger partial charge in [0.15, 0.2) is 0 Å². The van der Waals surface area contributed by atoms with Crippen LogP contribution in [0.5, 0.6) is 0 Å². The number of thiazole rings is 1. The molecule has 0 radical (unpaired) electrons. The predicted molar refractivity (Wildman–Crippen MR) is 79.6 cm³/mol. The van der Waals surface area contributed by atoms with Gasteiger partial charge in [-0.15, -0.1) is 11.3 Å². The number of rotatable bonds is 3. The van der Waals surface area contributed by atoms with Crippen molar-refractivity contribution in [1.82, 2.24) is 15.2 Å². The molecule has 3 rings (SSSR count). The molecule has 1 aliphatic rings. The SMILES string of the molecule is Cc1nc(CN2CC(=O)NC(c3ccccc3)C2=O)cs1. The largest absolute Gasteiger partial charge is 0.339 e. The van der Waals surface area contributed by atoms with Gasteiger partial charge in [-0.3, -0.25) is 9.59 Å². The lowest BCUT2D eigenvalue weighted by Gasteiger charge is -2.32. The standard InChI is InChI=1S/C15H15N3O2S/c1-10-16-12(9-21-10)7-18-8-13(19)17-14(15(18)20)11-5-3-2-4-6-11/h2-6,9,14H,7-8H2,1H3,(H,17,19). The number of piperazine rings is 1. The summed E-state index contributed by atoms with van der Waals surface area (Å²) in [4.78, 5) is 30.4. The van der Waals surface area contributed by atoms with Crippen LogP contribution in [-0.4, -0.2) is 28.2 Å². The second-order valence-corrected chi connectivity index (χ2v) is 6.03. The highest BCUT2D eigenvalue weighted by molar-refractivity contribution is 7.09. The molecule has 108 valence electrons. The minimum absolute atomic E-state index is 0.0821. The van der Waals surface area contributed by atoms with Gasteiger partial charge in [0.05, 0.1) is 17.2 Å². The van der Waals surface area contributed by atoms with E-state index in [0.717, 1.165) is 16.3 Å². The molecule has 2 aromatic rings. The van der Waals surface area contributed by atoms with E-state index in [0.29, 0.717) is 6.54 Å². The number of aromatic nitrogens is 1. The molecule has 1 atom stereocenters. The van der Waals surface area contributed by atoms with Gasteiger partial charge in [0.25, 0.3) is 5.91 Å². The maximum Gasteiger partial charge on any atom is 0.250 e. The summed E-state index contributed by atoms with van der Waals surface area (Å²) in [6.07, 6.45) is 0. The van der Waals surface area contributed by atoms with Crippen molar-refractivity contribution < 1.29 is 9.59 Å². The minimum Gasteiger partial charge on any atom is -0.339 e. The Bertz CT molecular complexity index is 669. The van der Waals surface area contributed by atoms with Crippen molar-refractivity contribution in [2.45, 2.75) is 19.5 Å². The van der Waals surface area contributed by atoms with Crippen LogP contribution >= 0.6 is 11.3 Å². The lowest BCUT2D eigenvalue weighted by atomic mass is 10.0. The predicted octanol–water partition coefficient (Wildman–Crippen LogP) is 1.65. The van der Waals surface area contributed by atoms with Gasteiger partial charge in [-0.1, -0.05) is 30.3 Å². The Kier molecular flexibility index (Phi) is 3.70. The number of benzene rings is 1. The van der Waals surface area contributed by atoms with Crippen LogP contribution in [0.25, 0.3) is 0 Å². The van der Waals surface area contributed by atoms with Crippen molar-refractivity contribution in [2.75, 3.05) is 6.54 Å². The van der Waals surface area contributed by atoms with Crippen molar-refractivity contribution in [3.63, 3.8) is 0 Å². The van der Waals surface area contributed by atoms with Crippen molar-refractivity contribution in [2.24, 2.45) is 0 Å². The first-order valence-corrected chi connectivity index (χ1v) is 7.55. The molecule has 21 heavy (non-hydrogen) atoms. The second kappa shape index (κ2) is 5.65. The highest BCUT2D eigenvalue weighted by atomic mass is 32.1. The summed E-state index contributed by atoms with van der Waals surface area (Å²) >= 11 is 1.54. The summed E-state index contributed by atoms with van der Waals surface area (Å²) in [6, 6.07) is 8.69. The van der Waals surface area contributed by atoms with E-state index in [1.807, 2.05) is 42.6 Å². The molecule has 2 amide bonds. The van der Waals surface area contributed by atoms with Gasteiger partial charge in [-0.25, -0.2) is 4.98 Å². The zero-order chi connectivity index (χ0) is 14.8. The zero-order valence-corrected chi connectivity index (χ0v) is 12.4. The summed E-state index contributed by atoms with van der Waals surface area (Å²) < 4.78 is 0. The van der Waals surface area contributed by atoms with Gasteiger partial charge in [-0.2, -0.15) is 0 Å². The molecule has 1 fully saturated rings. The van der Waals surface area contributed by atoms with E-state index in [1.165, 1.54) is 0 Å². The molecule has 0 aliphatic carbocycles. The fraction of sp³-hybridized carbons (Fsp3) is 0.267. The quantitative estimate of drug-likeness (QED) is 0.937. The van der Waals surface area contributed by atoms with Crippen LogP contribution in [0.15, 0.2) is 35.7 Å². The number of hydrogen-bond donors (Lipinski definition) is 1. The van der Waals surface area contributed by atoms with Crippen LogP contribution in [0.1, 0.15) is 22.3 Å². The van der Waals surface area contributed by atoms with E-state index in [1.54, 1.807) is 16.2 Å². The van der Waals surface area contributed by atoms with E-state index >= 15 is 0 Å². The van der Waals surface area contributed by atoms with Gasteiger partial charge in [-0.05, 0) is 12.5 Å². The molecule has 6 heteroatoms. The van der Waals surface area contributed by atoms with Crippen LogP contribution in [0.4, 0.5) is 0 Å². The molecule has 5 nitrogen and oxygen atoms in total. The van der Waals surface area contributed by atoms with Crippen molar-refractivity contribution in [1.29, 1.82) is 0 Å². The summed E-state index contributed by atoms with van der Waals surface area (Å²) in [5, 5.41) is 5.64. The van der Waals surface area contributed by atoms with Crippen LogP contribution in [-0.2, 0) is 16.1 Å². The number of nitrogens with one attached hydrogen (secondary N) is 1. The van der Waals surface area contributed by atoms with Gasteiger partial charge < -0.3 is 10.2 Å². The monoisotopic (exact) mass is 301 g/mol. The fourth-order valence-electron chi connectivity index (χ4n) is 2.38. The number of amides is 2.